The van der Waals surface area contributed by atoms with Crippen molar-refractivity contribution in [1.29, 1.82) is 0 Å². The molecule has 8 nitrogen and oxygen atoms in total. The van der Waals surface area contributed by atoms with Gasteiger partial charge in [-0.25, -0.2) is 0 Å². The number of nitrogens with one attached hydrogen (secondary N) is 1. The van der Waals surface area contributed by atoms with Crippen molar-refractivity contribution in [3.63, 3.8) is 0 Å². The number of aryl methyl sites for hydroxylation is 1. The summed E-state index contributed by atoms with van der Waals surface area (Å²) in [5.74, 6) is 1.70. The molecule has 0 radical (unpaired) electrons. The smallest absolute Gasteiger partial charge is 0.255 e. The van der Waals surface area contributed by atoms with Crippen LogP contribution >= 0.6 is 0 Å². The molecule has 0 aromatic carbocycles. The summed E-state index contributed by atoms with van der Waals surface area (Å²) >= 11 is 0. The first-order valence-electron chi connectivity index (χ1n) is 8.56. The SMILES string of the molecule is Cc1[nH]c(=O)ccc1C(=O)N1CCN(C)C(c2nc(C3CC3)no2)C1. The lowest BCUT2D eigenvalue weighted by molar-refractivity contribution is 0.0488. The van der Waals surface area contributed by atoms with Gasteiger partial charge in [0, 0.05) is 37.3 Å². The number of carbonyl (C=O) groups excluding carboxylic acids is 1. The third kappa shape index (κ3) is 3.09. The van der Waals surface area contributed by atoms with Gasteiger partial charge in [0.15, 0.2) is 5.82 Å². The van der Waals surface area contributed by atoms with Crippen molar-refractivity contribution in [1.82, 2.24) is 24.9 Å². The molecule has 1 saturated carbocycles. The molecule has 1 aliphatic carbocycles. The fourth-order valence-electron chi connectivity index (χ4n) is 3.19. The first kappa shape index (κ1) is 16.0. The predicted octanol–water partition coefficient (Wildman–Crippen LogP) is 1.07. The Balaban J connectivity index is 1.54. The Morgan fingerprint density at radius 3 is 2.84 bits per heavy atom. The summed E-state index contributed by atoms with van der Waals surface area (Å²) in [5.41, 5.74) is 0.901. The minimum Gasteiger partial charge on any atom is -0.338 e. The van der Waals surface area contributed by atoms with Crippen molar-refractivity contribution in [2.75, 3.05) is 26.7 Å². The first-order valence-corrected chi connectivity index (χ1v) is 8.56. The van der Waals surface area contributed by atoms with Gasteiger partial charge in [0.25, 0.3) is 5.91 Å². The molecule has 2 aliphatic rings. The van der Waals surface area contributed by atoms with Gasteiger partial charge in [-0.1, -0.05) is 5.16 Å². The van der Waals surface area contributed by atoms with Crippen LogP contribution in [0.1, 0.15) is 52.6 Å². The van der Waals surface area contributed by atoms with Gasteiger partial charge in [-0.15, -0.1) is 0 Å². The number of nitrogens with zero attached hydrogens (tertiary/aromatic N) is 4. The molecule has 132 valence electrons. The summed E-state index contributed by atoms with van der Waals surface area (Å²) in [6.45, 7) is 3.57. The summed E-state index contributed by atoms with van der Waals surface area (Å²) in [7, 11) is 2.00. The maximum absolute atomic E-state index is 12.9. The van der Waals surface area contributed by atoms with Crippen molar-refractivity contribution >= 4 is 5.91 Å². The number of pyridine rings is 1. The molecule has 4 rings (SSSR count). The van der Waals surface area contributed by atoms with Crippen LogP contribution in [0.25, 0.3) is 0 Å². The second-order valence-corrected chi connectivity index (χ2v) is 6.87. The highest BCUT2D eigenvalue weighted by molar-refractivity contribution is 5.95. The normalized spacial score (nSPS) is 21.5. The number of hydrogen-bond donors (Lipinski definition) is 1. The van der Waals surface area contributed by atoms with Gasteiger partial charge in [-0.05, 0) is 32.9 Å². The highest BCUT2D eigenvalue weighted by atomic mass is 16.5. The van der Waals surface area contributed by atoms with Crippen molar-refractivity contribution in [3.05, 3.63) is 45.5 Å². The number of aromatic nitrogens is 3. The molecule has 25 heavy (non-hydrogen) atoms. The molecule has 2 aromatic rings. The number of rotatable bonds is 3. The Morgan fingerprint density at radius 2 is 2.12 bits per heavy atom. The van der Waals surface area contributed by atoms with E-state index in [1.807, 2.05) is 7.05 Å². The second-order valence-electron chi connectivity index (χ2n) is 6.87. The average molecular weight is 343 g/mol. The Morgan fingerprint density at radius 1 is 1.32 bits per heavy atom. The maximum Gasteiger partial charge on any atom is 0.255 e. The van der Waals surface area contributed by atoms with Crippen molar-refractivity contribution < 1.29 is 9.32 Å². The fourth-order valence-corrected chi connectivity index (χ4v) is 3.19. The molecule has 2 fully saturated rings. The lowest BCUT2D eigenvalue weighted by Gasteiger charge is -2.37. The Labute approximate surface area is 144 Å². The standard InChI is InChI=1S/C17H21N5O3/c1-10-12(5-6-14(23)18-10)17(24)22-8-7-21(2)13(9-22)16-19-15(20-25-16)11-3-4-11/h5-6,11,13H,3-4,7-9H2,1-2H3,(H,18,23). The fraction of sp³-hybridized carbons (Fsp3) is 0.529. The molecule has 1 N–H and O–H groups in total. The molecular formula is C17H21N5O3. The van der Waals surface area contributed by atoms with E-state index in [-0.39, 0.29) is 17.5 Å². The third-order valence-corrected chi connectivity index (χ3v) is 4.97. The van der Waals surface area contributed by atoms with Crippen LogP contribution in [0, 0.1) is 6.92 Å². The summed E-state index contributed by atoms with van der Waals surface area (Å²) in [4.78, 5) is 35.4. The first-order chi connectivity index (χ1) is 12.0. The second kappa shape index (κ2) is 6.11. The zero-order chi connectivity index (χ0) is 17.6. The number of carbonyl (C=O) groups is 1. The Bertz CT molecular complexity index is 854. The summed E-state index contributed by atoms with van der Waals surface area (Å²) in [6.07, 6.45) is 2.24. The molecular weight excluding hydrogens is 322 g/mol. The monoisotopic (exact) mass is 343 g/mol. The zero-order valence-corrected chi connectivity index (χ0v) is 14.4. The lowest BCUT2D eigenvalue weighted by Crippen LogP contribution is -2.49. The molecule has 1 unspecified atom stereocenters. The molecule has 1 atom stereocenters. The van der Waals surface area contributed by atoms with Crippen LogP contribution in [-0.2, 0) is 0 Å². The van der Waals surface area contributed by atoms with E-state index >= 15 is 0 Å². The van der Waals surface area contributed by atoms with E-state index in [2.05, 4.69) is 20.0 Å². The van der Waals surface area contributed by atoms with E-state index in [1.165, 1.54) is 6.07 Å². The van der Waals surface area contributed by atoms with E-state index in [4.69, 9.17) is 4.52 Å². The highest BCUT2D eigenvalue weighted by Gasteiger charge is 2.35. The van der Waals surface area contributed by atoms with E-state index in [9.17, 15) is 9.59 Å². The van der Waals surface area contributed by atoms with Gasteiger partial charge >= 0.3 is 0 Å². The van der Waals surface area contributed by atoms with Crippen LogP contribution < -0.4 is 5.56 Å². The minimum absolute atomic E-state index is 0.0891. The molecule has 1 aliphatic heterocycles. The van der Waals surface area contributed by atoms with Crippen molar-refractivity contribution in [2.45, 2.75) is 31.7 Å². The molecule has 1 saturated heterocycles. The van der Waals surface area contributed by atoms with E-state index in [0.29, 0.717) is 36.2 Å². The largest absolute Gasteiger partial charge is 0.338 e. The zero-order valence-electron chi connectivity index (χ0n) is 14.4. The number of amides is 1. The van der Waals surface area contributed by atoms with Crippen LogP contribution in [0.3, 0.4) is 0 Å². The Hall–Kier alpha value is -2.48. The minimum atomic E-state index is -0.205. The van der Waals surface area contributed by atoms with Crippen LogP contribution in [0.5, 0.6) is 0 Å². The van der Waals surface area contributed by atoms with Crippen LogP contribution in [0.2, 0.25) is 0 Å². The Kier molecular flexibility index (Phi) is 3.91. The van der Waals surface area contributed by atoms with E-state index in [1.54, 1.807) is 17.9 Å². The van der Waals surface area contributed by atoms with Gasteiger partial charge in [0.05, 0.1) is 5.56 Å². The lowest BCUT2D eigenvalue weighted by atomic mass is 10.1. The summed E-state index contributed by atoms with van der Waals surface area (Å²) in [5, 5.41) is 4.08. The van der Waals surface area contributed by atoms with Gasteiger partial charge in [-0.2, -0.15) is 4.98 Å². The van der Waals surface area contributed by atoms with Crippen LogP contribution in [-0.4, -0.2) is 57.5 Å². The van der Waals surface area contributed by atoms with Crippen molar-refractivity contribution in [3.8, 4) is 0 Å². The van der Waals surface area contributed by atoms with Gasteiger partial charge in [-0.3, -0.25) is 14.5 Å². The van der Waals surface area contributed by atoms with Crippen molar-refractivity contribution in [2.24, 2.45) is 0 Å². The molecule has 3 heterocycles. The number of H-pyrrole nitrogens is 1. The summed E-state index contributed by atoms with van der Waals surface area (Å²) < 4.78 is 5.46. The number of piperazine rings is 1. The average Bonchev–Trinajstić information content (AvgIpc) is 3.32. The molecule has 0 bridgehead atoms. The molecule has 2 aromatic heterocycles. The van der Waals surface area contributed by atoms with Gasteiger partial charge in [0.1, 0.15) is 6.04 Å². The predicted molar refractivity (Wildman–Crippen MR) is 89.3 cm³/mol. The molecule has 0 spiro atoms. The number of aromatic amines is 1. The van der Waals surface area contributed by atoms with Crippen LogP contribution in [0.4, 0.5) is 0 Å². The van der Waals surface area contributed by atoms with Gasteiger partial charge in [0.2, 0.25) is 11.4 Å². The van der Waals surface area contributed by atoms with E-state index in [0.717, 1.165) is 25.2 Å². The molecule has 8 heteroatoms. The molecule has 1 amide bonds. The van der Waals surface area contributed by atoms with E-state index < -0.39 is 0 Å². The maximum atomic E-state index is 12.9. The summed E-state index contributed by atoms with van der Waals surface area (Å²) in [6, 6.07) is 2.86. The number of hydrogen-bond acceptors (Lipinski definition) is 6. The topological polar surface area (TPSA) is 95.3 Å². The van der Waals surface area contributed by atoms with Crippen LogP contribution in [0.15, 0.2) is 21.5 Å². The quantitative estimate of drug-likeness (QED) is 0.896. The third-order valence-electron chi connectivity index (χ3n) is 4.97. The van der Waals surface area contributed by atoms with Gasteiger partial charge < -0.3 is 14.4 Å². The number of likely N-dealkylation sites (N-methyl/N-ethyl adjacent to an activating group) is 1. The highest BCUT2D eigenvalue weighted by Crippen LogP contribution is 2.38.